The molecule has 1 fully saturated rings. The molecule has 8 heteroatoms. The highest BCUT2D eigenvalue weighted by Crippen LogP contribution is 2.32. The maximum absolute atomic E-state index is 12.6. The number of aromatic nitrogens is 1. The molecular formula is C26H18ClN3O3S. The van der Waals surface area contributed by atoms with Crippen molar-refractivity contribution in [3.63, 3.8) is 0 Å². The predicted molar refractivity (Wildman–Crippen MR) is 137 cm³/mol. The number of amides is 1. The molecule has 6 nitrogen and oxygen atoms in total. The Labute approximate surface area is 204 Å². The average Bonchev–Trinajstić information content (AvgIpc) is 3.35. The van der Waals surface area contributed by atoms with E-state index in [1.54, 1.807) is 6.07 Å². The van der Waals surface area contributed by atoms with Crippen molar-refractivity contribution in [1.82, 2.24) is 9.88 Å². The third-order valence-electron chi connectivity index (χ3n) is 5.36. The fraction of sp³-hybridized carbons (Fsp3) is 0.0385. The Morgan fingerprint density at radius 3 is 2.65 bits per heavy atom. The third kappa shape index (κ3) is 4.48. The van der Waals surface area contributed by atoms with Crippen molar-refractivity contribution in [3.05, 3.63) is 106 Å². The van der Waals surface area contributed by atoms with Crippen LogP contribution in [0, 0.1) is 0 Å². The van der Waals surface area contributed by atoms with Gasteiger partial charge in [0.15, 0.2) is 5.17 Å². The molecule has 34 heavy (non-hydrogen) atoms. The number of hydrogen-bond acceptors (Lipinski definition) is 4. The lowest BCUT2D eigenvalue weighted by molar-refractivity contribution is -0.115. The summed E-state index contributed by atoms with van der Waals surface area (Å²) in [4.78, 5) is 28.9. The molecule has 2 heterocycles. The largest absolute Gasteiger partial charge is 0.478 e. The lowest BCUT2D eigenvalue weighted by atomic mass is 10.1. The molecular weight excluding hydrogens is 470 g/mol. The van der Waals surface area contributed by atoms with Gasteiger partial charge in [-0.2, -0.15) is 0 Å². The van der Waals surface area contributed by atoms with Crippen LogP contribution in [0.15, 0.2) is 88.9 Å². The van der Waals surface area contributed by atoms with Crippen LogP contribution in [0.2, 0.25) is 5.02 Å². The van der Waals surface area contributed by atoms with E-state index in [1.807, 2.05) is 48.7 Å². The topological polar surface area (TPSA) is 83.7 Å². The van der Waals surface area contributed by atoms with Crippen molar-refractivity contribution >= 4 is 63.1 Å². The van der Waals surface area contributed by atoms with Crippen molar-refractivity contribution in [3.8, 4) is 0 Å². The first-order chi connectivity index (χ1) is 16.5. The summed E-state index contributed by atoms with van der Waals surface area (Å²) in [5, 5.41) is 13.6. The number of carbonyl (C=O) groups excluding carboxylic acids is 1. The summed E-state index contributed by atoms with van der Waals surface area (Å²) in [6, 6.07) is 22.7. The third-order valence-corrected chi connectivity index (χ3v) is 6.60. The molecule has 1 saturated heterocycles. The number of carboxylic acids is 1. The van der Waals surface area contributed by atoms with Crippen molar-refractivity contribution < 1.29 is 14.7 Å². The minimum absolute atomic E-state index is 0.0418. The molecule has 0 aliphatic carbocycles. The van der Waals surface area contributed by atoms with Gasteiger partial charge in [0.2, 0.25) is 0 Å². The number of halogens is 1. The van der Waals surface area contributed by atoms with Crippen molar-refractivity contribution in [2.24, 2.45) is 4.99 Å². The van der Waals surface area contributed by atoms with Crippen LogP contribution in [0.1, 0.15) is 21.5 Å². The smallest absolute Gasteiger partial charge is 0.337 e. The van der Waals surface area contributed by atoms with Gasteiger partial charge in [-0.1, -0.05) is 60.1 Å². The van der Waals surface area contributed by atoms with Crippen LogP contribution in [0.3, 0.4) is 0 Å². The summed E-state index contributed by atoms with van der Waals surface area (Å²) in [6.07, 6.45) is 3.91. The number of fused-ring (bicyclic) bond motifs is 1. The van der Waals surface area contributed by atoms with E-state index in [0.717, 1.165) is 23.0 Å². The van der Waals surface area contributed by atoms with Crippen LogP contribution in [-0.4, -0.2) is 26.7 Å². The van der Waals surface area contributed by atoms with E-state index in [2.05, 4.69) is 33.1 Å². The molecule has 2 N–H and O–H groups in total. The highest BCUT2D eigenvalue weighted by molar-refractivity contribution is 8.18. The van der Waals surface area contributed by atoms with E-state index in [0.29, 0.717) is 15.8 Å². The maximum atomic E-state index is 12.6. The van der Waals surface area contributed by atoms with Gasteiger partial charge in [-0.25, -0.2) is 9.79 Å². The number of amidine groups is 1. The second kappa shape index (κ2) is 9.21. The second-order valence-corrected chi connectivity index (χ2v) is 9.10. The maximum Gasteiger partial charge on any atom is 0.337 e. The van der Waals surface area contributed by atoms with E-state index >= 15 is 0 Å². The van der Waals surface area contributed by atoms with Crippen molar-refractivity contribution in [2.45, 2.75) is 6.54 Å². The molecule has 3 aromatic carbocycles. The average molecular weight is 488 g/mol. The Morgan fingerprint density at radius 1 is 1.09 bits per heavy atom. The van der Waals surface area contributed by atoms with Gasteiger partial charge in [-0.05, 0) is 47.7 Å². The highest BCUT2D eigenvalue weighted by atomic mass is 35.5. The first kappa shape index (κ1) is 22.0. The van der Waals surface area contributed by atoms with E-state index in [4.69, 9.17) is 11.6 Å². The van der Waals surface area contributed by atoms with Gasteiger partial charge in [0.25, 0.3) is 5.91 Å². The summed E-state index contributed by atoms with van der Waals surface area (Å²) in [5.41, 5.74) is 3.56. The van der Waals surface area contributed by atoms with Gasteiger partial charge in [0, 0.05) is 29.2 Å². The van der Waals surface area contributed by atoms with E-state index in [-0.39, 0.29) is 16.5 Å². The number of carboxylic acid groups (broad SMARTS) is 1. The zero-order valence-electron chi connectivity index (χ0n) is 17.7. The highest BCUT2D eigenvalue weighted by Gasteiger charge is 2.24. The zero-order chi connectivity index (χ0) is 23.7. The molecule has 5 rings (SSSR count). The monoisotopic (exact) mass is 487 g/mol. The van der Waals surface area contributed by atoms with Gasteiger partial charge in [-0.3, -0.25) is 4.79 Å². The fourth-order valence-electron chi connectivity index (χ4n) is 3.79. The predicted octanol–water partition coefficient (Wildman–Crippen LogP) is 5.93. The minimum atomic E-state index is -1.14. The van der Waals surface area contributed by atoms with E-state index < -0.39 is 5.97 Å². The number of rotatable bonds is 5. The standard InChI is InChI=1S/C26H18ClN3O3S/c27-21-11-10-18(13-20(21)25(32)33)28-26-29-24(31)23(34-26)12-17-15-30(14-16-6-2-1-3-7-16)22-9-5-4-8-19(17)22/h1-13,15H,14H2,(H,32,33)(H,28,29,31)/b23-12-. The molecule has 1 aliphatic heterocycles. The number of aliphatic imine (C=N–C) groups is 1. The van der Waals surface area contributed by atoms with Gasteiger partial charge in [-0.15, -0.1) is 0 Å². The summed E-state index contributed by atoms with van der Waals surface area (Å²) in [6.45, 7) is 0.721. The lowest BCUT2D eigenvalue weighted by Gasteiger charge is -2.05. The lowest BCUT2D eigenvalue weighted by Crippen LogP contribution is -2.19. The van der Waals surface area contributed by atoms with Crippen LogP contribution in [0.25, 0.3) is 17.0 Å². The van der Waals surface area contributed by atoms with Crippen LogP contribution < -0.4 is 5.32 Å². The Balaban J connectivity index is 1.46. The quantitative estimate of drug-likeness (QED) is 0.341. The number of thioether (sulfide) groups is 1. The molecule has 1 amide bonds. The van der Waals surface area contributed by atoms with Gasteiger partial charge < -0.3 is 15.0 Å². The van der Waals surface area contributed by atoms with Crippen LogP contribution in [0.5, 0.6) is 0 Å². The Bertz CT molecular complexity index is 1490. The fourth-order valence-corrected chi connectivity index (χ4v) is 4.82. The second-order valence-electron chi connectivity index (χ2n) is 7.67. The summed E-state index contributed by atoms with van der Waals surface area (Å²) >= 11 is 7.14. The number of nitrogens with zero attached hydrogens (tertiary/aromatic N) is 2. The summed E-state index contributed by atoms with van der Waals surface area (Å²) in [5.74, 6) is -1.39. The van der Waals surface area contributed by atoms with Gasteiger partial charge in [0.05, 0.1) is 21.2 Å². The van der Waals surface area contributed by atoms with Gasteiger partial charge >= 0.3 is 5.97 Å². The van der Waals surface area contributed by atoms with Crippen molar-refractivity contribution in [2.75, 3.05) is 0 Å². The van der Waals surface area contributed by atoms with E-state index in [9.17, 15) is 14.7 Å². The number of benzene rings is 3. The Hall–Kier alpha value is -3.81. The first-order valence-corrected chi connectivity index (χ1v) is 11.6. The summed E-state index contributed by atoms with van der Waals surface area (Å²) in [7, 11) is 0. The number of para-hydroxylation sites is 1. The molecule has 0 bridgehead atoms. The SMILES string of the molecule is O=C1NC(=Nc2ccc(Cl)c(C(=O)O)c2)S/C1=C\c1cn(Cc2ccccc2)c2ccccc12. The molecule has 1 aromatic heterocycles. The number of nitrogens with one attached hydrogen (secondary N) is 1. The normalized spacial score (nSPS) is 15.9. The molecule has 0 spiro atoms. The molecule has 0 unspecified atom stereocenters. The Morgan fingerprint density at radius 2 is 1.85 bits per heavy atom. The molecule has 0 radical (unpaired) electrons. The molecule has 0 atom stereocenters. The molecule has 1 aliphatic rings. The number of aromatic carboxylic acids is 1. The minimum Gasteiger partial charge on any atom is -0.478 e. The molecule has 168 valence electrons. The van der Waals surface area contributed by atoms with Gasteiger partial charge in [0.1, 0.15) is 0 Å². The molecule has 4 aromatic rings. The summed E-state index contributed by atoms with van der Waals surface area (Å²) < 4.78 is 2.17. The van der Waals surface area contributed by atoms with E-state index in [1.165, 1.54) is 29.5 Å². The van der Waals surface area contributed by atoms with Crippen LogP contribution in [-0.2, 0) is 11.3 Å². The number of carbonyl (C=O) groups is 2. The first-order valence-electron chi connectivity index (χ1n) is 10.4. The number of hydrogen-bond donors (Lipinski definition) is 2. The molecule has 0 saturated carbocycles. The zero-order valence-corrected chi connectivity index (χ0v) is 19.3. The Kier molecular flexibility index (Phi) is 5.96. The van der Waals surface area contributed by atoms with Crippen LogP contribution >= 0.6 is 23.4 Å². The van der Waals surface area contributed by atoms with Crippen LogP contribution in [0.4, 0.5) is 5.69 Å². The van der Waals surface area contributed by atoms with Crippen molar-refractivity contribution in [1.29, 1.82) is 0 Å².